The van der Waals surface area contributed by atoms with Crippen LogP contribution in [0.2, 0.25) is 0 Å². The molecule has 0 saturated carbocycles. The first-order valence-corrected chi connectivity index (χ1v) is 5.36. The van der Waals surface area contributed by atoms with Crippen molar-refractivity contribution in [1.82, 2.24) is 5.32 Å². The van der Waals surface area contributed by atoms with E-state index >= 15 is 0 Å². The molecular formula is C12H21N. The first kappa shape index (κ1) is 10.4. The standard InChI is InChI=1S/C12H21N/c1-4-6-10(2)11-7-5-8-12(9-11)13-3/h8-10,13H,4-7H2,1-3H3. The fraction of sp³-hybridized carbons (Fsp3) is 0.667. The van der Waals surface area contributed by atoms with Crippen LogP contribution in [0.5, 0.6) is 0 Å². The van der Waals surface area contributed by atoms with E-state index < -0.39 is 0 Å². The summed E-state index contributed by atoms with van der Waals surface area (Å²) in [5.74, 6) is 0.766. The fourth-order valence-electron chi connectivity index (χ4n) is 1.91. The zero-order valence-corrected chi connectivity index (χ0v) is 9.06. The van der Waals surface area contributed by atoms with Crippen molar-refractivity contribution >= 4 is 0 Å². The van der Waals surface area contributed by atoms with Gasteiger partial charge in [-0.05, 0) is 31.3 Å². The lowest BCUT2D eigenvalue weighted by atomic mass is 9.89. The van der Waals surface area contributed by atoms with Crippen LogP contribution in [0.4, 0.5) is 0 Å². The SMILES string of the molecule is CCCC(C)C1=CC(NC)=CCC1. The molecular weight excluding hydrogens is 158 g/mol. The predicted octanol–water partition coefficient (Wildman–Crippen LogP) is 3.25. The Bertz CT molecular complexity index is 213. The quantitative estimate of drug-likeness (QED) is 0.698. The second kappa shape index (κ2) is 5.11. The molecule has 1 unspecified atom stereocenters. The van der Waals surface area contributed by atoms with Gasteiger partial charge in [-0.15, -0.1) is 0 Å². The van der Waals surface area contributed by atoms with Gasteiger partial charge in [0.15, 0.2) is 0 Å². The number of nitrogens with one attached hydrogen (secondary N) is 1. The average molecular weight is 179 g/mol. The third kappa shape index (κ3) is 2.91. The molecule has 13 heavy (non-hydrogen) atoms. The van der Waals surface area contributed by atoms with Gasteiger partial charge < -0.3 is 5.32 Å². The largest absolute Gasteiger partial charge is 0.388 e. The van der Waals surface area contributed by atoms with Gasteiger partial charge in [0.2, 0.25) is 0 Å². The predicted molar refractivity (Wildman–Crippen MR) is 58.5 cm³/mol. The van der Waals surface area contributed by atoms with Crippen LogP contribution in [0, 0.1) is 5.92 Å². The first-order chi connectivity index (χ1) is 6.27. The van der Waals surface area contributed by atoms with Crippen LogP contribution in [0.25, 0.3) is 0 Å². The van der Waals surface area contributed by atoms with Crippen LogP contribution in [-0.2, 0) is 0 Å². The maximum Gasteiger partial charge on any atom is 0.0296 e. The second-order valence-electron chi connectivity index (χ2n) is 3.86. The van der Waals surface area contributed by atoms with E-state index in [4.69, 9.17) is 0 Å². The highest BCUT2D eigenvalue weighted by atomic mass is 14.8. The van der Waals surface area contributed by atoms with E-state index in [1.165, 1.54) is 31.4 Å². The number of hydrogen-bond donors (Lipinski definition) is 1. The molecule has 0 fully saturated rings. The maximum absolute atomic E-state index is 3.22. The van der Waals surface area contributed by atoms with Gasteiger partial charge in [-0.2, -0.15) is 0 Å². The van der Waals surface area contributed by atoms with Crippen LogP contribution >= 0.6 is 0 Å². The van der Waals surface area contributed by atoms with Gasteiger partial charge >= 0.3 is 0 Å². The van der Waals surface area contributed by atoms with Crippen LogP contribution < -0.4 is 5.32 Å². The summed E-state index contributed by atoms with van der Waals surface area (Å²) in [5, 5.41) is 3.22. The van der Waals surface area contributed by atoms with E-state index in [2.05, 4.69) is 31.3 Å². The Kier molecular flexibility index (Phi) is 4.07. The minimum atomic E-state index is 0.766. The molecule has 0 aromatic heterocycles. The molecule has 0 saturated heterocycles. The molecule has 1 aliphatic rings. The van der Waals surface area contributed by atoms with Crippen LogP contribution in [0.15, 0.2) is 23.4 Å². The van der Waals surface area contributed by atoms with Crippen molar-refractivity contribution in [3.05, 3.63) is 23.4 Å². The topological polar surface area (TPSA) is 12.0 Å². The van der Waals surface area contributed by atoms with E-state index in [0.717, 1.165) is 5.92 Å². The van der Waals surface area contributed by atoms with Crippen molar-refractivity contribution in [3.8, 4) is 0 Å². The second-order valence-corrected chi connectivity index (χ2v) is 3.86. The molecule has 0 aliphatic heterocycles. The lowest BCUT2D eigenvalue weighted by molar-refractivity contribution is 0.575. The van der Waals surface area contributed by atoms with Gasteiger partial charge in [-0.25, -0.2) is 0 Å². The van der Waals surface area contributed by atoms with Crippen molar-refractivity contribution in [2.24, 2.45) is 5.92 Å². The number of hydrogen-bond acceptors (Lipinski definition) is 1. The monoisotopic (exact) mass is 179 g/mol. The smallest absolute Gasteiger partial charge is 0.0296 e. The van der Waals surface area contributed by atoms with Gasteiger partial charge in [0.05, 0.1) is 0 Å². The van der Waals surface area contributed by atoms with E-state index in [1.807, 2.05) is 7.05 Å². The summed E-state index contributed by atoms with van der Waals surface area (Å²) in [5.41, 5.74) is 2.91. The molecule has 0 amide bonds. The number of likely N-dealkylation sites (N-methyl/N-ethyl adjacent to an activating group) is 1. The highest BCUT2D eigenvalue weighted by Crippen LogP contribution is 2.25. The minimum absolute atomic E-state index is 0.766. The van der Waals surface area contributed by atoms with Gasteiger partial charge in [0.1, 0.15) is 0 Å². The van der Waals surface area contributed by atoms with Gasteiger partial charge in [-0.3, -0.25) is 0 Å². The molecule has 0 radical (unpaired) electrons. The molecule has 0 aromatic carbocycles. The van der Waals surface area contributed by atoms with E-state index in [1.54, 1.807) is 5.57 Å². The zero-order chi connectivity index (χ0) is 9.68. The first-order valence-electron chi connectivity index (χ1n) is 5.36. The van der Waals surface area contributed by atoms with Crippen molar-refractivity contribution < 1.29 is 0 Å². The average Bonchev–Trinajstić information content (AvgIpc) is 2.18. The summed E-state index contributed by atoms with van der Waals surface area (Å²) in [6, 6.07) is 0. The maximum atomic E-state index is 3.22. The molecule has 0 spiro atoms. The molecule has 1 rings (SSSR count). The Morgan fingerprint density at radius 1 is 1.54 bits per heavy atom. The van der Waals surface area contributed by atoms with Crippen molar-refractivity contribution in [2.45, 2.75) is 39.5 Å². The number of allylic oxidation sites excluding steroid dienone is 3. The van der Waals surface area contributed by atoms with Gasteiger partial charge in [0.25, 0.3) is 0 Å². The fourth-order valence-corrected chi connectivity index (χ4v) is 1.91. The minimum Gasteiger partial charge on any atom is -0.388 e. The Morgan fingerprint density at radius 3 is 2.92 bits per heavy atom. The summed E-state index contributed by atoms with van der Waals surface area (Å²) < 4.78 is 0. The normalized spacial score (nSPS) is 19.0. The van der Waals surface area contributed by atoms with Crippen molar-refractivity contribution in [3.63, 3.8) is 0 Å². The third-order valence-electron chi connectivity index (χ3n) is 2.78. The lowest BCUT2D eigenvalue weighted by Gasteiger charge is -2.19. The van der Waals surface area contributed by atoms with Crippen LogP contribution in [0.3, 0.4) is 0 Å². The van der Waals surface area contributed by atoms with Crippen molar-refractivity contribution in [2.75, 3.05) is 7.05 Å². The highest BCUT2D eigenvalue weighted by molar-refractivity contribution is 5.27. The van der Waals surface area contributed by atoms with Gasteiger partial charge in [-0.1, -0.05) is 31.9 Å². The molecule has 0 heterocycles. The van der Waals surface area contributed by atoms with E-state index in [0.29, 0.717) is 0 Å². The molecule has 1 N–H and O–H groups in total. The summed E-state index contributed by atoms with van der Waals surface area (Å²) in [4.78, 5) is 0. The summed E-state index contributed by atoms with van der Waals surface area (Å²) in [6.45, 7) is 4.60. The Balaban J connectivity index is 2.59. The van der Waals surface area contributed by atoms with Crippen LogP contribution in [-0.4, -0.2) is 7.05 Å². The summed E-state index contributed by atoms with van der Waals surface area (Å²) in [7, 11) is 2.00. The van der Waals surface area contributed by atoms with Gasteiger partial charge in [0, 0.05) is 12.7 Å². The molecule has 0 aromatic rings. The van der Waals surface area contributed by atoms with Crippen LogP contribution in [0.1, 0.15) is 39.5 Å². The Labute approximate surface area is 81.9 Å². The highest BCUT2D eigenvalue weighted by Gasteiger charge is 2.10. The molecule has 1 aliphatic carbocycles. The Morgan fingerprint density at radius 2 is 2.31 bits per heavy atom. The molecule has 74 valence electrons. The van der Waals surface area contributed by atoms with E-state index in [-0.39, 0.29) is 0 Å². The van der Waals surface area contributed by atoms with E-state index in [9.17, 15) is 0 Å². The number of rotatable bonds is 4. The third-order valence-corrected chi connectivity index (χ3v) is 2.78. The molecule has 0 bridgehead atoms. The Hall–Kier alpha value is -0.720. The summed E-state index contributed by atoms with van der Waals surface area (Å²) >= 11 is 0. The zero-order valence-electron chi connectivity index (χ0n) is 9.06. The molecule has 1 nitrogen and oxygen atoms in total. The van der Waals surface area contributed by atoms with Crippen molar-refractivity contribution in [1.29, 1.82) is 0 Å². The molecule has 1 heteroatoms. The summed E-state index contributed by atoms with van der Waals surface area (Å²) in [6.07, 6.45) is 9.67. The molecule has 1 atom stereocenters. The lowest BCUT2D eigenvalue weighted by Crippen LogP contribution is -2.10.